The van der Waals surface area contributed by atoms with Crippen LogP contribution in [0.25, 0.3) is 0 Å². The summed E-state index contributed by atoms with van der Waals surface area (Å²) in [4.78, 5) is 30.6. The van der Waals surface area contributed by atoms with E-state index < -0.39 is 0 Å². The van der Waals surface area contributed by atoms with E-state index in [0.717, 1.165) is 16.9 Å². The first kappa shape index (κ1) is 18.0. The molecule has 1 atom stereocenters. The van der Waals surface area contributed by atoms with E-state index in [1.807, 2.05) is 73.6 Å². The Morgan fingerprint density at radius 2 is 1.69 bits per heavy atom. The topological polar surface area (TPSA) is 43.9 Å². The van der Waals surface area contributed by atoms with Crippen molar-refractivity contribution >= 4 is 23.2 Å². The average molecular weight is 351 g/mol. The van der Waals surface area contributed by atoms with Crippen molar-refractivity contribution in [1.29, 1.82) is 0 Å². The van der Waals surface area contributed by atoms with Crippen molar-refractivity contribution in [3.63, 3.8) is 0 Å². The number of carbonyl (C=O) groups is 2. The zero-order chi connectivity index (χ0) is 18.7. The third-order valence-electron chi connectivity index (χ3n) is 4.79. The molecule has 2 amide bonds. The Hall–Kier alpha value is -2.82. The molecule has 1 aliphatic rings. The van der Waals surface area contributed by atoms with Gasteiger partial charge in [0.15, 0.2) is 0 Å². The number of benzene rings is 2. The lowest BCUT2D eigenvalue weighted by atomic mass is 10.1. The van der Waals surface area contributed by atoms with E-state index in [-0.39, 0.29) is 24.2 Å². The summed E-state index contributed by atoms with van der Waals surface area (Å²) < 4.78 is 0. The Kier molecular flexibility index (Phi) is 5.26. The van der Waals surface area contributed by atoms with Crippen molar-refractivity contribution < 1.29 is 9.59 Å². The van der Waals surface area contributed by atoms with Crippen molar-refractivity contribution in [3.8, 4) is 0 Å². The third kappa shape index (κ3) is 3.87. The molecule has 5 heteroatoms. The highest BCUT2D eigenvalue weighted by molar-refractivity contribution is 6.00. The molecule has 1 aliphatic heterocycles. The minimum atomic E-state index is -0.284. The summed E-state index contributed by atoms with van der Waals surface area (Å²) in [7, 11) is 5.80. The normalized spacial score (nSPS) is 16.7. The molecule has 5 nitrogen and oxygen atoms in total. The van der Waals surface area contributed by atoms with E-state index in [1.54, 1.807) is 16.8 Å². The van der Waals surface area contributed by atoms with Gasteiger partial charge in [0.25, 0.3) is 0 Å². The Morgan fingerprint density at radius 3 is 2.31 bits per heavy atom. The van der Waals surface area contributed by atoms with Gasteiger partial charge in [0.1, 0.15) is 0 Å². The molecule has 2 aromatic rings. The Morgan fingerprint density at radius 1 is 1.04 bits per heavy atom. The van der Waals surface area contributed by atoms with Crippen molar-refractivity contribution in [3.05, 3.63) is 60.2 Å². The van der Waals surface area contributed by atoms with Gasteiger partial charge < -0.3 is 14.7 Å². The standard InChI is InChI=1S/C21H25N3O2/c1-22(2)18-11-9-16(10-12-18)14-23(3)21(26)17-13-20(25)24(15-17)19-7-5-4-6-8-19/h4-12,17H,13-15H2,1-3H3. The van der Waals surface area contributed by atoms with Gasteiger partial charge >= 0.3 is 0 Å². The van der Waals surface area contributed by atoms with E-state index in [2.05, 4.69) is 0 Å². The second-order valence-corrected chi connectivity index (χ2v) is 7.00. The molecule has 0 aromatic heterocycles. The van der Waals surface area contributed by atoms with E-state index in [1.165, 1.54) is 0 Å². The highest BCUT2D eigenvalue weighted by Gasteiger charge is 2.36. The molecule has 0 spiro atoms. The Bertz CT molecular complexity index is 772. The minimum Gasteiger partial charge on any atom is -0.378 e. The van der Waals surface area contributed by atoms with E-state index >= 15 is 0 Å². The number of rotatable bonds is 5. The maximum absolute atomic E-state index is 12.8. The quantitative estimate of drug-likeness (QED) is 0.832. The smallest absolute Gasteiger partial charge is 0.228 e. The highest BCUT2D eigenvalue weighted by Crippen LogP contribution is 2.26. The van der Waals surface area contributed by atoms with Crippen molar-refractivity contribution in [1.82, 2.24) is 4.90 Å². The first-order valence-electron chi connectivity index (χ1n) is 8.82. The first-order chi connectivity index (χ1) is 12.5. The number of amides is 2. The summed E-state index contributed by atoms with van der Waals surface area (Å²) in [6.07, 6.45) is 0.275. The Labute approximate surface area is 154 Å². The van der Waals surface area contributed by atoms with Crippen LogP contribution in [-0.2, 0) is 16.1 Å². The van der Waals surface area contributed by atoms with Crippen molar-refractivity contribution in [2.75, 3.05) is 37.5 Å². The second kappa shape index (κ2) is 7.60. The first-order valence-corrected chi connectivity index (χ1v) is 8.82. The summed E-state index contributed by atoms with van der Waals surface area (Å²) in [5.74, 6) is -0.250. The lowest BCUT2D eigenvalue weighted by Crippen LogP contribution is -2.34. The van der Waals surface area contributed by atoms with Crippen LogP contribution in [0.1, 0.15) is 12.0 Å². The van der Waals surface area contributed by atoms with Crippen LogP contribution in [-0.4, -0.2) is 44.4 Å². The molecule has 1 heterocycles. The van der Waals surface area contributed by atoms with Gasteiger partial charge in [-0.15, -0.1) is 0 Å². The SMILES string of the molecule is CN(Cc1ccc(N(C)C)cc1)C(=O)C1CC(=O)N(c2ccccc2)C1. The fraction of sp³-hybridized carbons (Fsp3) is 0.333. The monoisotopic (exact) mass is 351 g/mol. The summed E-state index contributed by atoms with van der Waals surface area (Å²) in [6, 6.07) is 17.7. The van der Waals surface area contributed by atoms with Crippen LogP contribution >= 0.6 is 0 Å². The molecule has 0 radical (unpaired) electrons. The number of nitrogens with zero attached hydrogens (tertiary/aromatic N) is 3. The van der Waals surface area contributed by atoms with Gasteiger partial charge in [-0.25, -0.2) is 0 Å². The van der Waals surface area contributed by atoms with Crippen molar-refractivity contribution in [2.24, 2.45) is 5.92 Å². The molecule has 26 heavy (non-hydrogen) atoms. The lowest BCUT2D eigenvalue weighted by molar-refractivity contribution is -0.135. The molecular weight excluding hydrogens is 326 g/mol. The second-order valence-electron chi connectivity index (χ2n) is 7.00. The van der Waals surface area contributed by atoms with Gasteiger partial charge in [0.05, 0.1) is 5.92 Å². The van der Waals surface area contributed by atoms with Crippen LogP contribution in [0.5, 0.6) is 0 Å². The molecule has 2 aromatic carbocycles. The van der Waals surface area contributed by atoms with Crippen LogP contribution < -0.4 is 9.80 Å². The van der Waals surface area contributed by atoms with Gasteiger partial charge in [-0.3, -0.25) is 9.59 Å². The van der Waals surface area contributed by atoms with Crippen molar-refractivity contribution in [2.45, 2.75) is 13.0 Å². The van der Waals surface area contributed by atoms with Gasteiger partial charge in [0.2, 0.25) is 11.8 Å². The third-order valence-corrected chi connectivity index (χ3v) is 4.79. The van der Waals surface area contributed by atoms with E-state index in [0.29, 0.717) is 13.1 Å². The molecular formula is C21H25N3O2. The minimum absolute atomic E-state index is 0.0123. The van der Waals surface area contributed by atoms with Crippen LogP contribution in [0.4, 0.5) is 11.4 Å². The van der Waals surface area contributed by atoms with E-state index in [4.69, 9.17) is 0 Å². The molecule has 0 aliphatic carbocycles. The number of anilines is 2. The fourth-order valence-corrected chi connectivity index (χ4v) is 3.29. The van der Waals surface area contributed by atoms with Gasteiger partial charge in [-0.1, -0.05) is 30.3 Å². The zero-order valence-corrected chi connectivity index (χ0v) is 15.6. The largest absolute Gasteiger partial charge is 0.378 e. The van der Waals surface area contributed by atoms with E-state index in [9.17, 15) is 9.59 Å². The van der Waals surface area contributed by atoms with Crippen LogP contribution in [0.2, 0.25) is 0 Å². The maximum Gasteiger partial charge on any atom is 0.228 e. The predicted octanol–water partition coefficient (Wildman–Crippen LogP) is 2.76. The summed E-state index contributed by atoms with van der Waals surface area (Å²) in [6.45, 7) is 0.994. The van der Waals surface area contributed by atoms with Crippen LogP contribution in [0.15, 0.2) is 54.6 Å². The van der Waals surface area contributed by atoms with Crippen LogP contribution in [0.3, 0.4) is 0 Å². The fourth-order valence-electron chi connectivity index (χ4n) is 3.29. The molecule has 1 unspecified atom stereocenters. The van der Waals surface area contributed by atoms with Gasteiger partial charge in [-0.05, 0) is 29.8 Å². The molecule has 0 bridgehead atoms. The Balaban J connectivity index is 1.63. The number of hydrogen-bond donors (Lipinski definition) is 0. The molecule has 1 saturated heterocycles. The molecule has 0 saturated carbocycles. The summed E-state index contributed by atoms with van der Waals surface area (Å²) >= 11 is 0. The summed E-state index contributed by atoms with van der Waals surface area (Å²) in [5.41, 5.74) is 3.06. The molecule has 0 N–H and O–H groups in total. The maximum atomic E-state index is 12.8. The summed E-state index contributed by atoms with van der Waals surface area (Å²) in [5, 5.41) is 0. The molecule has 3 rings (SSSR count). The van der Waals surface area contributed by atoms with Gasteiger partial charge in [0, 0.05) is 52.0 Å². The van der Waals surface area contributed by atoms with Crippen LogP contribution in [0, 0.1) is 5.92 Å². The predicted molar refractivity (Wildman–Crippen MR) is 104 cm³/mol. The number of carbonyl (C=O) groups excluding carboxylic acids is 2. The average Bonchev–Trinajstić information content (AvgIpc) is 3.04. The zero-order valence-electron chi connectivity index (χ0n) is 15.6. The molecule has 1 fully saturated rings. The lowest BCUT2D eigenvalue weighted by Gasteiger charge is -2.22. The van der Waals surface area contributed by atoms with Gasteiger partial charge in [-0.2, -0.15) is 0 Å². The molecule has 136 valence electrons. The number of para-hydroxylation sites is 1. The highest BCUT2D eigenvalue weighted by atomic mass is 16.2. The number of hydrogen-bond acceptors (Lipinski definition) is 3.